The van der Waals surface area contributed by atoms with E-state index in [1.54, 1.807) is 37.8 Å². The molecule has 0 unspecified atom stereocenters. The second-order valence-electron chi connectivity index (χ2n) is 8.93. The van der Waals surface area contributed by atoms with Gasteiger partial charge in [-0.05, 0) is 24.8 Å². The standard InChI is InChI=1S/C24H26ClFN10O2.3C2H6.C2H2.CH4S/c1-15-9-20(34-33-15)31-19-10-18(25)30-23(32-19)35-7-5-24(38-2,6-8-35)22(37)28-12-16-3-4-21(27-11-16)36-14-17(26)13-29-36;5*1-2/h3-4,9-11,13-14H,5-8,12H2,1-2H3,(H,28,37)(H2,30,31,32,33,34);3*1-2H3;1-2H;2H,1H3. The zero-order chi connectivity index (χ0) is 36.7. The Morgan fingerprint density at radius 2 is 1.71 bits per heavy atom. The monoisotopic (exact) mass is 704 g/mol. The van der Waals surface area contributed by atoms with Gasteiger partial charge in [0.25, 0.3) is 5.91 Å². The van der Waals surface area contributed by atoms with Crippen LogP contribution in [0.2, 0.25) is 5.15 Å². The van der Waals surface area contributed by atoms with Crippen molar-refractivity contribution in [3.05, 3.63) is 65.1 Å². The normalized spacial score (nSPS) is 12.3. The van der Waals surface area contributed by atoms with Gasteiger partial charge in [-0.25, -0.2) is 19.0 Å². The van der Waals surface area contributed by atoms with Crippen molar-refractivity contribution >= 4 is 47.7 Å². The molecule has 0 aromatic carbocycles. The molecule has 1 amide bonds. The number of amides is 1. The lowest BCUT2D eigenvalue weighted by Crippen LogP contribution is -2.55. The van der Waals surface area contributed by atoms with Crippen LogP contribution in [0.3, 0.4) is 0 Å². The Morgan fingerprint density at radius 1 is 1.06 bits per heavy atom. The third-order valence-electron chi connectivity index (χ3n) is 6.35. The Bertz CT molecular complexity index is 1470. The van der Waals surface area contributed by atoms with Gasteiger partial charge in [0.1, 0.15) is 16.6 Å². The van der Waals surface area contributed by atoms with Crippen molar-refractivity contribution in [1.82, 2.24) is 40.2 Å². The summed E-state index contributed by atoms with van der Waals surface area (Å²) in [6.45, 7) is 15.2. The molecule has 1 fully saturated rings. The molecule has 3 N–H and O–H groups in total. The molecule has 15 heteroatoms. The van der Waals surface area contributed by atoms with Crippen molar-refractivity contribution < 1.29 is 13.9 Å². The molecule has 264 valence electrons. The summed E-state index contributed by atoms with van der Waals surface area (Å²) < 4.78 is 20.3. The number of pyridine rings is 1. The second kappa shape index (κ2) is 24.0. The van der Waals surface area contributed by atoms with E-state index in [0.717, 1.165) is 17.5 Å². The number of hydrogen-bond donors (Lipinski definition) is 4. The van der Waals surface area contributed by atoms with Gasteiger partial charge in [0.15, 0.2) is 17.5 Å². The maximum absolute atomic E-state index is 13.2. The molecule has 1 aliphatic rings. The zero-order valence-corrected chi connectivity index (χ0v) is 31.0. The number of nitrogens with zero attached hydrogens (tertiary/aromatic N) is 7. The van der Waals surface area contributed by atoms with Gasteiger partial charge in [0.2, 0.25) is 5.95 Å². The molecule has 0 aliphatic carbocycles. The third-order valence-corrected chi connectivity index (χ3v) is 6.55. The summed E-state index contributed by atoms with van der Waals surface area (Å²) in [5.41, 5.74) is 0.720. The number of methoxy groups -OCH3 is 1. The largest absolute Gasteiger partial charge is 0.368 e. The molecule has 0 atom stereocenters. The molecule has 0 bridgehead atoms. The van der Waals surface area contributed by atoms with Crippen LogP contribution >= 0.6 is 24.2 Å². The van der Waals surface area contributed by atoms with Crippen LogP contribution in [0.4, 0.5) is 22.0 Å². The lowest BCUT2D eigenvalue weighted by molar-refractivity contribution is -0.146. The first kappa shape index (κ1) is 43.8. The van der Waals surface area contributed by atoms with E-state index in [9.17, 15) is 9.18 Å². The summed E-state index contributed by atoms with van der Waals surface area (Å²) in [4.78, 5) is 28.4. The van der Waals surface area contributed by atoms with E-state index in [4.69, 9.17) is 16.3 Å². The number of thiol groups is 1. The number of carbonyl (C=O) groups excluding carboxylic acids is 1. The van der Waals surface area contributed by atoms with Crippen molar-refractivity contribution in [2.75, 3.05) is 36.7 Å². The molecular formula is C33H50ClFN10O2S. The number of aryl methyl sites for hydroxylation is 1. The average Bonchev–Trinajstić information content (AvgIpc) is 3.78. The Morgan fingerprint density at radius 3 is 2.21 bits per heavy atom. The molecule has 0 saturated carbocycles. The first-order chi connectivity index (χ1) is 23.3. The summed E-state index contributed by atoms with van der Waals surface area (Å²) in [6, 6.07) is 6.99. The Hall–Kier alpha value is -4.19. The van der Waals surface area contributed by atoms with Crippen LogP contribution < -0.4 is 15.5 Å². The van der Waals surface area contributed by atoms with Crippen molar-refractivity contribution in [2.45, 2.75) is 73.5 Å². The summed E-state index contributed by atoms with van der Waals surface area (Å²) >= 11 is 9.79. The van der Waals surface area contributed by atoms with E-state index in [1.807, 2.05) is 59.4 Å². The van der Waals surface area contributed by atoms with Crippen LogP contribution in [0.25, 0.3) is 5.82 Å². The molecule has 12 nitrogen and oxygen atoms in total. The van der Waals surface area contributed by atoms with Crippen LogP contribution in [0.1, 0.15) is 65.6 Å². The van der Waals surface area contributed by atoms with E-state index >= 15 is 0 Å². The fraction of sp³-hybridized carbons (Fsp3) is 0.455. The fourth-order valence-corrected chi connectivity index (χ4v) is 4.42. The minimum absolute atomic E-state index is 0.207. The summed E-state index contributed by atoms with van der Waals surface area (Å²) in [5, 5.41) is 17.3. The van der Waals surface area contributed by atoms with E-state index in [0.29, 0.717) is 54.5 Å². The Kier molecular flexibility index (Phi) is 21.9. The highest BCUT2D eigenvalue weighted by Crippen LogP contribution is 2.29. The zero-order valence-electron chi connectivity index (χ0n) is 29.4. The quantitative estimate of drug-likeness (QED) is 0.0886. The molecule has 48 heavy (non-hydrogen) atoms. The smallest absolute Gasteiger partial charge is 0.252 e. The average molecular weight is 705 g/mol. The highest BCUT2D eigenvalue weighted by Gasteiger charge is 2.42. The van der Waals surface area contributed by atoms with Crippen molar-refractivity contribution in [3.8, 4) is 18.7 Å². The van der Waals surface area contributed by atoms with Crippen LogP contribution in [-0.4, -0.2) is 72.9 Å². The van der Waals surface area contributed by atoms with E-state index in [-0.39, 0.29) is 12.5 Å². The molecule has 0 radical (unpaired) electrons. The molecule has 1 saturated heterocycles. The number of H-pyrrole nitrogens is 1. The van der Waals surface area contributed by atoms with Gasteiger partial charge in [-0.1, -0.05) is 59.2 Å². The first-order valence-corrected chi connectivity index (χ1v) is 17.0. The van der Waals surface area contributed by atoms with E-state index < -0.39 is 11.4 Å². The van der Waals surface area contributed by atoms with Crippen molar-refractivity contribution in [1.29, 1.82) is 0 Å². The minimum Gasteiger partial charge on any atom is -0.368 e. The number of nitrogens with one attached hydrogen (secondary N) is 3. The minimum atomic E-state index is -0.983. The summed E-state index contributed by atoms with van der Waals surface area (Å²) in [7, 11) is 1.54. The molecule has 5 rings (SSSR count). The molecule has 4 aromatic rings. The van der Waals surface area contributed by atoms with Crippen LogP contribution in [0.5, 0.6) is 0 Å². The number of hydrogen-bond acceptors (Lipinski definition) is 10. The molecule has 0 spiro atoms. The van der Waals surface area contributed by atoms with Gasteiger partial charge in [-0.2, -0.15) is 27.8 Å². The predicted octanol–water partition coefficient (Wildman–Crippen LogP) is 6.80. The number of aromatic nitrogens is 7. The topological polar surface area (TPSA) is 139 Å². The summed E-state index contributed by atoms with van der Waals surface area (Å²) in [5.74, 6) is 1.43. The summed E-state index contributed by atoms with van der Waals surface area (Å²) in [6.07, 6.45) is 14.5. The maximum Gasteiger partial charge on any atom is 0.252 e. The highest BCUT2D eigenvalue weighted by molar-refractivity contribution is 7.79. The Balaban J connectivity index is 0.00000203. The number of piperidine rings is 1. The number of carbonyl (C=O) groups is 1. The lowest BCUT2D eigenvalue weighted by atomic mass is 9.90. The lowest BCUT2D eigenvalue weighted by Gasteiger charge is -2.39. The van der Waals surface area contributed by atoms with Gasteiger partial charge in [-0.3, -0.25) is 9.89 Å². The highest BCUT2D eigenvalue weighted by atomic mass is 35.5. The number of anilines is 3. The number of halogens is 2. The number of aromatic amines is 1. The maximum atomic E-state index is 13.2. The molecule has 5 heterocycles. The SMILES string of the molecule is C#C.CC.CC.CC.COC1(C(=O)NCc2ccc(-n3cc(F)cn3)nc2)CCN(c2nc(Cl)cc(Nc3cc(C)[nH]n3)n2)CC1.CS. The molecule has 4 aromatic heterocycles. The molecular weight excluding hydrogens is 655 g/mol. The second-order valence-corrected chi connectivity index (χ2v) is 9.32. The van der Waals surface area contributed by atoms with Crippen molar-refractivity contribution in [3.63, 3.8) is 0 Å². The van der Waals surface area contributed by atoms with Gasteiger partial charge in [0.05, 0.1) is 12.4 Å². The van der Waals surface area contributed by atoms with E-state index in [1.165, 1.54) is 10.9 Å². The van der Waals surface area contributed by atoms with Gasteiger partial charge < -0.3 is 20.3 Å². The fourth-order valence-electron chi connectivity index (χ4n) is 4.24. The van der Waals surface area contributed by atoms with Gasteiger partial charge in [0, 0.05) is 63.6 Å². The third kappa shape index (κ3) is 12.8. The number of ether oxygens (including phenoxy) is 1. The first-order valence-electron chi connectivity index (χ1n) is 15.7. The molecule has 1 aliphatic heterocycles. The van der Waals surface area contributed by atoms with E-state index in [2.05, 4.69) is 66.4 Å². The Labute approximate surface area is 295 Å². The van der Waals surface area contributed by atoms with Crippen LogP contribution in [0.15, 0.2) is 42.9 Å². The van der Waals surface area contributed by atoms with Crippen LogP contribution in [-0.2, 0) is 16.1 Å². The van der Waals surface area contributed by atoms with Crippen LogP contribution in [0, 0.1) is 25.6 Å². The van der Waals surface area contributed by atoms with Crippen molar-refractivity contribution in [2.24, 2.45) is 0 Å². The van der Waals surface area contributed by atoms with Gasteiger partial charge >= 0.3 is 0 Å². The van der Waals surface area contributed by atoms with Gasteiger partial charge in [-0.15, -0.1) is 12.8 Å². The predicted molar refractivity (Wildman–Crippen MR) is 197 cm³/mol. The number of rotatable bonds is 8. The number of terminal acetylenes is 1.